The average Bonchev–Trinajstić information content (AvgIpc) is 3.30. The van der Waals surface area contributed by atoms with Gasteiger partial charge in [0.25, 0.3) is 5.91 Å². The quantitative estimate of drug-likeness (QED) is 0.443. The third-order valence-corrected chi connectivity index (χ3v) is 4.78. The number of urea groups is 1. The normalized spacial score (nSPS) is 11.6. The number of para-hydroxylation sites is 1. The van der Waals surface area contributed by atoms with Crippen molar-refractivity contribution in [3.05, 3.63) is 65.9 Å². The van der Waals surface area contributed by atoms with Crippen molar-refractivity contribution in [1.29, 1.82) is 0 Å². The highest BCUT2D eigenvalue weighted by molar-refractivity contribution is 6.00. The van der Waals surface area contributed by atoms with E-state index in [0.29, 0.717) is 0 Å². The van der Waals surface area contributed by atoms with E-state index < -0.39 is 35.6 Å². The van der Waals surface area contributed by atoms with Gasteiger partial charge >= 0.3 is 12.0 Å². The minimum Gasteiger partial charge on any atom is -0.467 e. The molecule has 3 aromatic rings. The zero-order valence-electron chi connectivity index (χ0n) is 18.5. The molecule has 1 atom stereocenters. The van der Waals surface area contributed by atoms with E-state index in [1.807, 2.05) is 0 Å². The van der Waals surface area contributed by atoms with Crippen LogP contribution in [0.15, 0.2) is 53.1 Å². The lowest BCUT2D eigenvalue weighted by Gasteiger charge is -2.18. The number of anilines is 2. The van der Waals surface area contributed by atoms with Gasteiger partial charge in [-0.15, -0.1) is 0 Å². The molecule has 3 rings (SSSR count). The number of nitrogens with zero attached hydrogens (tertiary/aromatic N) is 1. The van der Waals surface area contributed by atoms with Crippen LogP contribution in [0.3, 0.4) is 0 Å². The highest BCUT2D eigenvalue weighted by atomic mass is 19.1. The number of methoxy groups -OCH3 is 1. The fraction of sp³-hybridized carbons (Fsp3) is 0.217. The Kier molecular flexibility index (Phi) is 7.57. The maximum Gasteiger partial charge on any atom is 0.328 e. The fourth-order valence-electron chi connectivity index (χ4n) is 2.97. The largest absolute Gasteiger partial charge is 0.467 e. The molecule has 9 nitrogen and oxygen atoms in total. The zero-order chi connectivity index (χ0) is 24.8. The third kappa shape index (κ3) is 5.74. The van der Waals surface area contributed by atoms with Crippen LogP contribution in [-0.4, -0.2) is 36.2 Å². The number of benzene rings is 2. The van der Waals surface area contributed by atoms with Crippen molar-refractivity contribution in [2.45, 2.75) is 19.9 Å². The second-order valence-corrected chi connectivity index (χ2v) is 7.55. The van der Waals surface area contributed by atoms with E-state index in [4.69, 9.17) is 4.52 Å². The molecule has 0 aliphatic heterocycles. The molecule has 1 aromatic heterocycles. The van der Waals surface area contributed by atoms with Gasteiger partial charge in [0.2, 0.25) is 5.76 Å². The molecule has 178 valence electrons. The molecule has 0 bridgehead atoms. The van der Waals surface area contributed by atoms with Gasteiger partial charge < -0.3 is 25.2 Å². The van der Waals surface area contributed by atoms with Crippen molar-refractivity contribution in [2.75, 3.05) is 17.7 Å². The molecule has 3 amide bonds. The number of ether oxygens (including phenoxy) is 1. The zero-order valence-corrected chi connectivity index (χ0v) is 18.5. The fourth-order valence-corrected chi connectivity index (χ4v) is 2.97. The van der Waals surface area contributed by atoms with Crippen LogP contribution in [0, 0.1) is 17.6 Å². The van der Waals surface area contributed by atoms with Crippen LogP contribution in [0.1, 0.15) is 24.4 Å². The Morgan fingerprint density at radius 1 is 0.971 bits per heavy atom. The summed E-state index contributed by atoms with van der Waals surface area (Å²) in [5.41, 5.74) is 0.216. The van der Waals surface area contributed by atoms with Crippen molar-refractivity contribution in [1.82, 2.24) is 10.5 Å². The van der Waals surface area contributed by atoms with E-state index >= 15 is 0 Å². The second-order valence-electron chi connectivity index (χ2n) is 7.55. The Hall–Kier alpha value is -4.28. The summed E-state index contributed by atoms with van der Waals surface area (Å²) in [5.74, 6) is -3.13. The first-order valence-corrected chi connectivity index (χ1v) is 10.2. The van der Waals surface area contributed by atoms with Gasteiger partial charge in [-0.2, -0.15) is 0 Å². The average molecular weight is 472 g/mol. The molecule has 2 aromatic carbocycles. The number of aromatic nitrogens is 1. The molecule has 1 unspecified atom stereocenters. The summed E-state index contributed by atoms with van der Waals surface area (Å²) in [6, 6.07) is 8.94. The van der Waals surface area contributed by atoms with E-state index in [2.05, 4.69) is 25.8 Å². The van der Waals surface area contributed by atoms with Crippen molar-refractivity contribution >= 4 is 29.3 Å². The van der Waals surface area contributed by atoms with Crippen LogP contribution in [0.25, 0.3) is 11.3 Å². The lowest BCUT2D eigenvalue weighted by molar-refractivity contribution is -0.144. The summed E-state index contributed by atoms with van der Waals surface area (Å²) in [5, 5.41) is 10.9. The molecule has 0 radical (unpaired) electrons. The minimum atomic E-state index is -0.885. The van der Waals surface area contributed by atoms with Crippen LogP contribution >= 0.6 is 0 Å². The molecule has 0 saturated heterocycles. The number of carbonyl (C=O) groups excluding carboxylic acids is 3. The molecule has 1 heterocycles. The van der Waals surface area contributed by atoms with Gasteiger partial charge in [0, 0.05) is 11.6 Å². The standard InChI is InChI=1S/C23H22F2N4O5/c1-12(2)20(22(31)33-3)28-21(30)19-11-18(29-34-19)13-8-9-17(15(25)10-13)27-23(32)26-16-7-5-4-6-14(16)24/h4-12,20H,1-3H3,(H,28,30)(H2,26,27,32). The van der Waals surface area contributed by atoms with Crippen LogP contribution < -0.4 is 16.0 Å². The molecule has 34 heavy (non-hydrogen) atoms. The summed E-state index contributed by atoms with van der Waals surface area (Å²) in [7, 11) is 1.22. The maximum atomic E-state index is 14.6. The number of hydrogen-bond acceptors (Lipinski definition) is 6. The van der Waals surface area contributed by atoms with Gasteiger partial charge in [0.1, 0.15) is 23.4 Å². The monoisotopic (exact) mass is 472 g/mol. The third-order valence-electron chi connectivity index (χ3n) is 4.78. The topological polar surface area (TPSA) is 123 Å². The molecular formula is C23H22F2N4O5. The van der Waals surface area contributed by atoms with Gasteiger partial charge in [-0.25, -0.2) is 18.4 Å². The SMILES string of the molecule is COC(=O)C(NC(=O)c1cc(-c2ccc(NC(=O)Nc3ccccc3F)c(F)c2)no1)C(C)C. The minimum absolute atomic E-state index is 0.0580. The lowest BCUT2D eigenvalue weighted by atomic mass is 10.0. The van der Waals surface area contributed by atoms with Crippen molar-refractivity contribution in [3.63, 3.8) is 0 Å². The van der Waals surface area contributed by atoms with Crippen molar-refractivity contribution in [3.8, 4) is 11.3 Å². The first kappa shape index (κ1) is 24.4. The Morgan fingerprint density at radius 3 is 2.26 bits per heavy atom. The number of esters is 1. The van der Waals surface area contributed by atoms with Crippen molar-refractivity contribution in [2.24, 2.45) is 5.92 Å². The summed E-state index contributed by atoms with van der Waals surface area (Å²) >= 11 is 0. The van der Waals surface area contributed by atoms with Crippen molar-refractivity contribution < 1.29 is 32.4 Å². The van der Waals surface area contributed by atoms with E-state index in [9.17, 15) is 23.2 Å². The number of carbonyl (C=O) groups is 3. The molecule has 0 spiro atoms. The number of rotatable bonds is 7. The van der Waals surface area contributed by atoms with Gasteiger partial charge in [-0.1, -0.05) is 37.2 Å². The van der Waals surface area contributed by atoms with E-state index in [1.165, 1.54) is 43.5 Å². The van der Waals surface area contributed by atoms with Crippen LogP contribution in [-0.2, 0) is 9.53 Å². The summed E-state index contributed by atoms with van der Waals surface area (Å²) in [4.78, 5) is 36.3. The first-order valence-electron chi connectivity index (χ1n) is 10.2. The number of amides is 3. The lowest BCUT2D eigenvalue weighted by Crippen LogP contribution is -2.44. The highest BCUT2D eigenvalue weighted by Gasteiger charge is 2.27. The van der Waals surface area contributed by atoms with Crippen LogP contribution in [0.5, 0.6) is 0 Å². The molecule has 3 N–H and O–H groups in total. The summed E-state index contributed by atoms with van der Waals surface area (Å²) < 4.78 is 37.9. The molecule has 11 heteroatoms. The number of nitrogens with one attached hydrogen (secondary N) is 3. The number of halogens is 2. The Balaban J connectivity index is 1.69. The number of hydrogen-bond donors (Lipinski definition) is 3. The van der Waals surface area contributed by atoms with Crippen LogP contribution in [0.4, 0.5) is 25.0 Å². The van der Waals surface area contributed by atoms with Gasteiger partial charge in [-0.3, -0.25) is 4.79 Å². The molecule has 0 fully saturated rings. The van der Waals surface area contributed by atoms with Gasteiger partial charge in [-0.05, 0) is 30.2 Å². The predicted octanol–water partition coefficient (Wildman–Crippen LogP) is 4.19. The maximum absolute atomic E-state index is 14.6. The molecule has 0 aliphatic rings. The summed E-state index contributed by atoms with van der Waals surface area (Å²) in [6.07, 6.45) is 0. The molecular weight excluding hydrogens is 450 g/mol. The first-order chi connectivity index (χ1) is 16.2. The smallest absolute Gasteiger partial charge is 0.328 e. The Bertz CT molecular complexity index is 1210. The van der Waals surface area contributed by atoms with Gasteiger partial charge in [0.15, 0.2) is 0 Å². The molecule has 0 aliphatic carbocycles. The highest BCUT2D eigenvalue weighted by Crippen LogP contribution is 2.25. The van der Waals surface area contributed by atoms with E-state index in [-0.39, 0.29) is 34.3 Å². The van der Waals surface area contributed by atoms with Crippen LogP contribution in [0.2, 0.25) is 0 Å². The second kappa shape index (κ2) is 10.6. The Labute approximate surface area is 193 Å². The van der Waals surface area contributed by atoms with E-state index in [1.54, 1.807) is 19.9 Å². The predicted molar refractivity (Wildman–Crippen MR) is 119 cm³/mol. The Morgan fingerprint density at radius 2 is 1.65 bits per heavy atom. The van der Waals surface area contributed by atoms with E-state index in [0.717, 1.165) is 6.07 Å². The van der Waals surface area contributed by atoms with Gasteiger partial charge in [0.05, 0.1) is 18.5 Å². The summed E-state index contributed by atoms with van der Waals surface area (Å²) in [6.45, 7) is 3.48. The molecule has 0 saturated carbocycles.